The fraction of sp³-hybridized carbons (Fsp3) is 0.419. The van der Waals surface area contributed by atoms with Crippen molar-refractivity contribution in [1.29, 1.82) is 0 Å². The van der Waals surface area contributed by atoms with Crippen LogP contribution in [0.5, 0.6) is 5.75 Å². The van der Waals surface area contributed by atoms with E-state index in [1.54, 1.807) is 14.0 Å². The molecule has 3 aromatic rings. The molecule has 2 N–H and O–H groups in total. The van der Waals surface area contributed by atoms with Crippen LogP contribution in [0, 0.1) is 0 Å². The molecular formula is C31H41N5O3S. The summed E-state index contributed by atoms with van der Waals surface area (Å²) in [5.41, 5.74) is 5.88. The fourth-order valence-corrected chi connectivity index (χ4v) is 5.64. The summed E-state index contributed by atoms with van der Waals surface area (Å²) in [4.78, 5) is 29.3. The molecule has 0 radical (unpaired) electrons. The number of nitrogens with zero attached hydrogens (tertiary/aromatic N) is 3. The lowest BCUT2D eigenvalue weighted by atomic mass is 9.86. The van der Waals surface area contributed by atoms with Crippen LogP contribution >= 0.6 is 11.9 Å². The van der Waals surface area contributed by atoms with Gasteiger partial charge in [-0.2, -0.15) is 0 Å². The van der Waals surface area contributed by atoms with E-state index >= 15 is 0 Å². The van der Waals surface area contributed by atoms with Gasteiger partial charge in [-0.25, -0.2) is 0 Å². The van der Waals surface area contributed by atoms with Gasteiger partial charge in [-0.3, -0.25) is 9.59 Å². The lowest BCUT2D eigenvalue weighted by Gasteiger charge is -2.24. The lowest BCUT2D eigenvalue weighted by Crippen LogP contribution is -2.36. The molecule has 214 valence electrons. The molecule has 0 atom stereocenters. The molecule has 9 heteroatoms. The molecule has 2 amide bonds. The second kappa shape index (κ2) is 11.9. The molecule has 1 saturated heterocycles. The number of hydrogen-bond donors (Lipinski definition) is 2. The average Bonchev–Trinajstić information content (AvgIpc) is 3.07. The minimum atomic E-state index is -0.0669. The topological polar surface area (TPSA) is 78.8 Å². The van der Waals surface area contributed by atoms with Gasteiger partial charge in [0.15, 0.2) is 5.75 Å². The zero-order valence-electron chi connectivity index (χ0n) is 24.7. The zero-order valence-corrected chi connectivity index (χ0v) is 25.5. The van der Waals surface area contributed by atoms with Crippen LogP contribution in [0.15, 0.2) is 43.0 Å². The van der Waals surface area contributed by atoms with E-state index in [0.29, 0.717) is 43.2 Å². The van der Waals surface area contributed by atoms with Gasteiger partial charge >= 0.3 is 0 Å². The van der Waals surface area contributed by atoms with E-state index in [4.69, 9.17) is 4.74 Å². The predicted octanol–water partition coefficient (Wildman–Crippen LogP) is 5.95. The first-order valence-electron chi connectivity index (χ1n) is 13.6. The Bertz CT molecular complexity index is 1440. The summed E-state index contributed by atoms with van der Waals surface area (Å²) in [6.45, 7) is 14.9. The van der Waals surface area contributed by atoms with Gasteiger partial charge in [0.05, 0.1) is 41.0 Å². The molecule has 1 aliphatic heterocycles. The Morgan fingerprint density at radius 1 is 1.02 bits per heavy atom. The van der Waals surface area contributed by atoms with Crippen LogP contribution in [0.3, 0.4) is 0 Å². The number of para-hydroxylation sites is 1. The predicted molar refractivity (Wildman–Crippen MR) is 167 cm³/mol. The van der Waals surface area contributed by atoms with Crippen molar-refractivity contribution < 1.29 is 14.3 Å². The van der Waals surface area contributed by atoms with Gasteiger partial charge in [0.1, 0.15) is 0 Å². The van der Waals surface area contributed by atoms with Crippen molar-refractivity contribution in [2.75, 3.05) is 49.6 Å². The van der Waals surface area contributed by atoms with E-state index in [9.17, 15) is 9.59 Å². The summed E-state index contributed by atoms with van der Waals surface area (Å²) in [5, 5.41) is 4.47. The second-order valence-electron chi connectivity index (χ2n) is 11.2. The Labute approximate surface area is 241 Å². The molecule has 1 aliphatic rings. The maximum Gasteiger partial charge on any atom is 0.256 e. The molecule has 2 aromatic carbocycles. The number of anilines is 2. The van der Waals surface area contributed by atoms with Crippen LogP contribution < -0.4 is 14.8 Å². The Balaban J connectivity index is 1.68. The van der Waals surface area contributed by atoms with Gasteiger partial charge in [0.25, 0.3) is 5.91 Å². The maximum atomic E-state index is 13.7. The second-order valence-corrected chi connectivity index (χ2v) is 11.9. The van der Waals surface area contributed by atoms with Crippen LogP contribution in [0.4, 0.5) is 11.4 Å². The molecule has 0 spiro atoms. The summed E-state index contributed by atoms with van der Waals surface area (Å²) in [5.74, 6) is 0.740. The van der Waals surface area contributed by atoms with Crippen LogP contribution in [-0.4, -0.2) is 65.7 Å². The highest BCUT2D eigenvalue weighted by molar-refractivity contribution is 7.99. The van der Waals surface area contributed by atoms with E-state index in [1.165, 1.54) is 11.9 Å². The summed E-state index contributed by atoms with van der Waals surface area (Å²) < 4.78 is 11.2. The monoisotopic (exact) mass is 563 g/mol. The largest absolute Gasteiger partial charge is 0.492 e. The van der Waals surface area contributed by atoms with Gasteiger partial charge in [-0.1, -0.05) is 51.4 Å². The van der Waals surface area contributed by atoms with Crippen molar-refractivity contribution >= 4 is 51.7 Å². The molecule has 0 aliphatic carbocycles. The van der Waals surface area contributed by atoms with Gasteiger partial charge < -0.3 is 29.1 Å². The number of rotatable bonds is 7. The summed E-state index contributed by atoms with van der Waals surface area (Å²) in [6, 6.07) is 12.1. The van der Waals surface area contributed by atoms with E-state index in [1.807, 2.05) is 45.9 Å². The van der Waals surface area contributed by atoms with Crippen LogP contribution in [0.25, 0.3) is 16.6 Å². The number of fused-ring (bicyclic) bond motifs is 1. The standard InChI is InChI=1S/C31H41N5O3S/c1-20(32-25-18-23(31(3,4)5)19-26(33-40-8)29(25)39-7)27-17-22-11-9-12-24(28(22)34(27)6)30(38)36-14-10-13-35(15-16-36)21(2)37/h9,11-12,17-19,32-33H,1,10,13-16H2,2-8H3. The van der Waals surface area contributed by atoms with Crippen molar-refractivity contribution in [2.45, 2.75) is 39.5 Å². The number of carbonyl (C=O) groups is 2. The number of amides is 2. The molecule has 0 saturated carbocycles. The minimum absolute atomic E-state index is 0.0188. The van der Waals surface area contributed by atoms with Crippen LogP contribution in [0.2, 0.25) is 0 Å². The highest BCUT2D eigenvalue weighted by Crippen LogP contribution is 2.41. The molecule has 8 nitrogen and oxygen atoms in total. The normalized spacial score (nSPS) is 14.2. The Morgan fingerprint density at radius 3 is 2.35 bits per heavy atom. The molecule has 1 aromatic heterocycles. The number of aryl methyl sites for hydroxylation is 1. The highest BCUT2D eigenvalue weighted by atomic mass is 32.2. The van der Waals surface area contributed by atoms with Crippen molar-refractivity contribution in [2.24, 2.45) is 7.05 Å². The molecule has 40 heavy (non-hydrogen) atoms. The van der Waals surface area contributed by atoms with E-state index in [2.05, 4.69) is 55.6 Å². The highest BCUT2D eigenvalue weighted by Gasteiger charge is 2.25. The summed E-state index contributed by atoms with van der Waals surface area (Å²) in [7, 11) is 3.63. The van der Waals surface area contributed by atoms with Crippen molar-refractivity contribution in [3.8, 4) is 5.75 Å². The Hall–Kier alpha value is -3.59. The first-order chi connectivity index (χ1) is 19.0. The molecular weight excluding hydrogens is 522 g/mol. The number of methoxy groups -OCH3 is 1. The molecule has 2 heterocycles. The van der Waals surface area contributed by atoms with E-state index < -0.39 is 0 Å². The lowest BCUT2D eigenvalue weighted by molar-refractivity contribution is -0.128. The number of benzene rings is 2. The molecule has 1 fully saturated rings. The number of aromatic nitrogens is 1. The smallest absolute Gasteiger partial charge is 0.256 e. The van der Waals surface area contributed by atoms with Gasteiger partial charge in [0, 0.05) is 51.8 Å². The Kier molecular flexibility index (Phi) is 8.73. The average molecular weight is 564 g/mol. The number of hydrogen-bond acceptors (Lipinski definition) is 6. The third kappa shape index (κ3) is 5.94. The quantitative estimate of drug-likeness (QED) is 0.346. The number of ether oxygens (including phenoxy) is 1. The minimum Gasteiger partial charge on any atom is -0.492 e. The summed E-state index contributed by atoms with van der Waals surface area (Å²) in [6.07, 6.45) is 2.75. The first-order valence-corrected chi connectivity index (χ1v) is 14.8. The van der Waals surface area contributed by atoms with E-state index in [0.717, 1.165) is 40.0 Å². The van der Waals surface area contributed by atoms with Crippen molar-refractivity contribution in [3.63, 3.8) is 0 Å². The third-order valence-electron chi connectivity index (χ3n) is 7.48. The fourth-order valence-electron chi connectivity index (χ4n) is 5.27. The SMILES string of the molecule is C=C(Nc1cc(C(C)(C)C)cc(NSC)c1OC)c1cc2cccc(C(=O)N3CCCN(C(C)=O)CC3)c2n1C. The van der Waals surface area contributed by atoms with Gasteiger partial charge in [-0.15, -0.1) is 0 Å². The van der Waals surface area contributed by atoms with Gasteiger partial charge in [0.2, 0.25) is 5.91 Å². The van der Waals surface area contributed by atoms with E-state index in [-0.39, 0.29) is 17.2 Å². The van der Waals surface area contributed by atoms with Gasteiger partial charge in [-0.05, 0) is 41.7 Å². The van der Waals surface area contributed by atoms with Crippen molar-refractivity contribution in [1.82, 2.24) is 14.4 Å². The van der Waals surface area contributed by atoms with Crippen molar-refractivity contribution in [3.05, 3.63) is 59.8 Å². The number of nitrogens with one attached hydrogen (secondary N) is 2. The molecule has 4 rings (SSSR count). The van der Waals surface area contributed by atoms with Crippen LogP contribution in [-0.2, 0) is 17.3 Å². The third-order valence-corrected chi connectivity index (χ3v) is 7.90. The Morgan fingerprint density at radius 2 is 1.70 bits per heavy atom. The maximum absolute atomic E-state index is 13.7. The molecule has 0 bridgehead atoms. The summed E-state index contributed by atoms with van der Waals surface area (Å²) >= 11 is 1.51. The zero-order chi connectivity index (χ0) is 29.2. The molecule has 0 unspecified atom stereocenters. The number of carbonyl (C=O) groups excluding carboxylic acids is 2. The van der Waals surface area contributed by atoms with Crippen LogP contribution in [0.1, 0.15) is 55.7 Å². The first kappa shape index (κ1) is 29.4.